The van der Waals surface area contributed by atoms with Crippen molar-refractivity contribution in [3.8, 4) is 0 Å². The predicted molar refractivity (Wildman–Crippen MR) is 208 cm³/mol. The van der Waals surface area contributed by atoms with Crippen LogP contribution in [0.4, 0.5) is 0 Å². The molecule has 1 radical (unpaired) electrons. The third kappa shape index (κ3) is 5.83. The number of rotatable bonds is 0. The summed E-state index contributed by atoms with van der Waals surface area (Å²) < 4.78 is 0. The average Bonchev–Trinajstić information content (AvgIpc) is 3.21. The smallest absolute Gasteiger partial charge is 0.0964 e. The molecule has 4 nitrogen and oxygen atoms in total. The maximum Gasteiger partial charge on any atom is 0.0964 e. The van der Waals surface area contributed by atoms with Gasteiger partial charge in [0.2, 0.25) is 0 Å². The molecule has 7 aromatic carbocycles. The fraction of sp³-hybridized carbons (Fsp3) is 0. The second-order valence-electron chi connectivity index (χ2n) is 12.0. The second kappa shape index (κ2) is 14.0. The van der Waals surface area contributed by atoms with Crippen LogP contribution in [-0.4, -0.2) is 19.9 Å². The van der Waals surface area contributed by atoms with Gasteiger partial charge in [0.1, 0.15) is 0 Å². The Hall–Kier alpha value is -6.13. The van der Waals surface area contributed by atoms with Crippen molar-refractivity contribution in [2.45, 2.75) is 0 Å². The van der Waals surface area contributed by atoms with Crippen molar-refractivity contribution in [1.29, 1.82) is 0 Å². The van der Waals surface area contributed by atoms with E-state index in [9.17, 15) is 0 Å². The Morgan fingerprint density at radius 1 is 0.294 bits per heavy atom. The molecule has 11 aromatic rings. The Balaban J connectivity index is 0.000000110. The van der Waals surface area contributed by atoms with Crippen molar-refractivity contribution in [1.82, 2.24) is 19.9 Å². The number of benzene rings is 7. The minimum absolute atomic E-state index is 0. The molecule has 0 aliphatic rings. The van der Waals surface area contributed by atoms with E-state index in [0.717, 1.165) is 43.6 Å². The van der Waals surface area contributed by atoms with Crippen molar-refractivity contribution in [2.24, 2.45) is 0 Å². The van der Waals surface area contributed by atoms with Crippen LogP contribution in [0.15, 0.2) is 170 Å². The van der Waals surface area contributed by atoms with E-state index in [1.165, 1.54) is 43.1 Å². The van der Waals surface area contributed by atoms with Crippen molar-refractivity contribution < 1.29 is 20.1 Å². The van der Waals surface area contributed by atoms with Crippen molar-refractivity contribution in [2.75, 3.05) is 0 Å². The molecule has 0 saturated carbocycles. The molecule has 0 aliphatic carbocycles. The van der Waals surface area contributed by atoms with Crippen LogP contribution < -0.4 is 0 Å². The predicted octanol–water partition coefficient (Wildman–Crippen LogP) is 11.5. The monoisotopic (exact) mass is 829 g/mol. The largest absolute Gasteiger partial charge is 0.304 e. The van der Waals surface area contributed by atoms with Crippen LogP contribution in [0.3, 0.4) is 0 Å². The number of aromatic nitrogens is 4. The van der Waals surface area contributed by atoms with Gasteiger partial charge in [-0.1, -0.05) is 106 Å². The summed E-state index contributed by atoms with van der Waals surface area (Å²) in [4.78, 5) is 17.8. The van der Waals surface area contributed by atoms with Crippen molar-refractivity contribution >= 4 is 86.7 Å². The molecule has 0 fully saturated rings. The van der Waals surface area contributed by atoms with Crippen LogP contribution in [0.5, 0.6) is 0 Å². The van der Waals surface area contributed by atoms with Gasteiger partial charge in [-0.25, -0.2) is 0 Å². The molecular weight excluding hydrogens is 801 g/mol. The van der Waals surface area contributed by atoms with Crippen LogP contribution >= 0.6 is 0 Å². The normalized spacial score (nSPS) is 11.0. The summed E-state index contributed by atoms with van der Waals surface area (Å²) in [6.45, 7) is 0. The Kier molecular flexibility index (Phi) is 8.81. The minimum Gasteiger partial charge on any atom is -0.304 e. The first kappa shape index (κ1) is 32.1. The summed E-state index contributed by atoms with van der Waals surface area (Å²) in [5.41, 5.74) is 4.02. The molecule has 0 atom stereocenters. The standard InChI is InChI=1S/2C17H10N.C12H8N2.Ir/c2*1-2-7-14-12(6-1)13-8-3-4-9-15(13)17-16(14)10-5-11-18-17;1-3-9-5-6-10-4-2-8-14-12(10)11(9)13-7-1;/h2*1-8,10-11H;1-8H;/q2*-1;;. The van der Waals surface area contributed by atoms with Gasteiger partial charge in [0, 0.05) is 55.7 Å². The molecule has 243 valence electrons. The van der Waals surface area contributed by atoms with Crippen molar-refractivity contribution in [3.05, 3.63) is 183 Å². The van der Waals surface area contributed by atoms with Gasteiger partial charge in [-0.05, 0) is 56.8 Å². The Morgan fingerprint density at radius 3 is 1.06 bits per heavy atom. The zero-order valence-corrected chi connectivity index (χ0v) is 29.7. The Bertz CT molecular complexity index is 2370. The zero-order valence-electron chi connectivity index (χ0n) is 27.3. The number of fused-ring (bicyclic) bond motifs is 15. The third-order valence-electron chi connectivity index (χ3n) is 9.16. The molecule has 0 bridgehead atoms. The van der Waals surface area contributed by atoms with Crippen molar-refractivity contribution in [3.63, 3.8) is 0 Å². The quantitative estimate of drug-likeness (QED) is 0.113. The summed E-state index contributed by atoms with van der Waals surface area (Å²) in [5, 5.41) is 14.4. The van der Waals surface area contributed by atoms with Gasteiger partial charge >= 0.3 is 0 Å². The van der Waals surface area contributed by atoms with Gasteiger partial charge in [-0.2, -0.15) is 0 Å². The first-order chi connectivity index (χ1) is 24.8. The molecule has 4 heterocycles. The van der Waals surface area contributed by atoms with E-state index < -0.39 is 0 Å². The molecule has 0 spiro atoms. The first-order valence-electron chi connectivity index (χ1n) is 16.6. The fourth-order valence-electron chi connectivity index (χ4n) is 6.94. The first-order valence-corrected chi connectivity index (χ1v) is 16.6. The molecular formula is C46H28IrN4-2. The van der Waals surface area contributed by atoms with Gasteiger partial charge in [-0.3, -0.25) is 9.97 Å². The van der Waals surface area contributed by atoms with Crippen LogP contribution in [0, 0.1) is 12.1 Å². The van der Waals surface area contributed by atoms with Gasteiger partial charge in [-0.15, -0.1) is 59.3 Å². The zero-order chi connectivity index (χ0) is 33.3. The van der Waals surface area contributed by atoms with Gasteiger partial charge in [0.15, 0.2) is 0 Å². The van der Waals surface area contributed by atoms with Gasteiger partial charge in [0.25, 0.3) is 0 Å². The second-order valence-corrected chi connectivity index (χ2v) is 12.0. The SMILES string of the molecule is [Ir].[c-]1cccc2c1c1ncccc1c1ccccc21.[c-]1cccc2c1c1ncccc1c1ccccc21.c1cnc2c(c1)ccc1cccnc12. The van der Waals surface area contributed by atoms with E-state index in [4.69, 9.17) is 0 Å². The van der Waals surface area contributed by atoms with Crippen LogP contribution in [0.25, 0.3) is 86.7 Å². The topological polar surface area (TPSA) is 51.6 Å². The van der Waals surface area contributed by atoms with E-state index >= 15 is 0 Å². The molecule has 11 rings (SSSR count). The maximum atomic E-state index is 4.53. The fourth-order valence-corrected chi connectivity index (χ4v) is 6.94. The number of hydrogen-bond acceptors (Lipinski definition) is 4. The number of pyridine rings is 4. The Morgan fingerprint density at radius 2 is 0.627 bits per heavy atom. The molecule has 0 amide bonds. The maximum absolute atomic E-state index is 4.53. The van der Waals surface area contributed by atoms with Gasteiger partial charge < -0.3 is 9.97 Å². The van der Waals surface area contributed by atoms with E-state index in [2.05, 4.69) is 129 Å². The molecule has 0 unspecified atom stereocenters. The van der Waals surface area contributed by atoms with E-state index in [-0.39, 0.29) is 20.1 Å². The third-order valence-corrected chi connectivity index (χ3v) is 9.16. The summed E-state index contributed by atoms with van der Waals surface area (Å²) in [5.74, 6) is 0. The Labute approximate surface area is 307 Å². The van der Waals surface area contributed by atoms with E-state index in [1.54, 1.807) is 12.4 Å². The van der Waals surface area contributed by atoms with Crippen LogP contribution in [0.2, 0.25) is 0 Å². The average molecular weight is 829 g/mol. The van der Waals surface area contributed by atoms with Crippen LogP contribution in [-0.2, 0) is 20.1 Å². The molecule has 4 aromatic heterocycles. The summed E-state index contributed by atoms with van der Waals surface area (Å²) in [6, 6.07) is 56.2. The number of hydrogen-bond donors (Lipinski definition) is 0. The van der Waals surface area contributed by atoms with Crippen LogP contribution in [0.1, 0.15) is 0 Å². The number of nitrogens with zero attached hydrogens (tertiary/aromatic N) is 4. The van der Waals surface area contributed by atoms with Gasteiger partial charge in [0.05, 0.1) is 11.0 Å². The summed E-state index contributed by atoms with van der Waals surface area (Å²) >= 11 is 0. The summed E-state index contributed by atoms with van der Waals surface area (Å²) in [7, 11) is 0. The molecule has 5 heteroatoms. The molecule has 0 aliphatic heterocycles. The summed E-state index contributed by atoms with van der Waals surface area (Å²) in [6.07, 6.45) is 7.29. The van der Waals surface area contributed by atoms with E-state index in [1.807, 2.05) is 60.9 Å². The minimum atomic E-state index is 0. The van der Waals surface area contributed by atoms with E-state index in [0.29, 0.717) is 0 Å². The molecule has 51 heavy (non-hydrogen) atoms. The molecule has 0 N–H and O–H groups in total. The molecule has 0 saturated heterocycles.